The van der Waals surface area contributed by atoms with Crippen molar-refractivity contribution >= 4 is 59.9 Å². The second kappa shape index (κ2) is 9.25. The molecule has 0 radical (unpaired) electrons. The molecule has 0 fully saturated rings. The fourth-order valence-electron chi connectivity index (χ4n) is 3.46. The monoisotopic (exact) mass is 576 g/mol. The maximum Gasteiger partial charge on any atom is 0.282 e. The van der Waals surface area contributed by atoms with Crippen LogP contribution in [0.2, 0.25) is 0 Å². The van der Waals surface area contributed by atoms with Gasteiger partial charge in [-0.3, -0.25) is 4.79 Å². The van der Waals surface area contributed by atoms with E-state index in [0.29, 0.717) is 38.3 Å². The van der Waals surface area contributed by atoms with Crippen molar-refractivity contribution in [2.24, 2.45) is 5.10 Å². The molecule has 0 saturated carbocycles. The van der Waals surface area contributed by atoms with Gasteiger partial charge in [0, 0.05) is 9.86 Å². The van der Waals surface area contributed by atoms with Crippen molar-refractivity contribution in [2.45, 2.75) is 0 Å². The van der Waals surface area contributed by atoms with Crippen molar-refractivity contribution in [3.8, 4) is 23.4 Å². The fraction of sp³-hybridized carbons (Fsp3) is 0.0400. The second-order valence-corrected chi connectivity index (χ2v) is 9.01. The van der Waals surface area contributed by atoms with Crippen LogP contribution in [0.1, 0.15) is 5.56 Å². The van der Waals surface area contributed by atoms with Gasteiger partial charge < -0.3 is 9.15 Å². The lowest BCUT2D eigenvalue weighted by Gasteiger charge is -2.08. The van der Waals surface area contributed by atoms with Crippen molar-refractivity contribution in [2.75, 3.05) is 6.61 Å². The Kier molecular flexibility index (Phi) is 6.01. The van der Waals surface area contributed by atoms with E-state index in [1.807, 2.05) is 36.4 Å². The molecule has 9 heteroatoms. The van der Waals surface area contributed by atoms with Gasteiger partial charge in [-0.15, -0.1) is 0 Å². The van der Waals surface area contributed by atoms with Gasteiger partial charge in [-0.1, -0.05) is 28.1 Å². The third kappa shape index (κ3) is 4.25. The Hall–Kier alpha value is -3.74. The van der Waals surface area contributed by atoms with Crippen molar-refractivity contribution in [3.63, 3.8) is 0 Å². The van der Waals surface area contributed by atoms with Crippen LogP contribution >= 0.6 is 31.9 Å². The maximum absolute atomic E-state index is 13.4. The predicted octanol–water partition coefficient (Wildman–Crippen LogP) is 6.12. The van der Waals surface area contributed by atoms with Crippen LogP contribution in [-0.2, 0) is 0 Å². The van der Waals surface area contributed by atoms with E-state index in [-0.39, 0.29) is 12.2 Å². The summed E-state index contributed by atoms with van der Waals surface area (Å²) < 4.78 is 14.2. The number of benzene rings is 3. The Morgan fingerprint density at radius 1 is 1.12 bits per heavy atom. The van der Waals surface area contributed by atoms with Crippen LogP contribution in [0.3, 0.4) is 0 Å². The van der Waals surface area contributed by atoms with Gasteiger partial charge in [0.25, 0.3) is 5.56 Å². The lowest BCUT2D eigenvalue weighted by Crippen LogP contribution is -2.20. The SMILES string of the molecule is N#CCOc1ccc(C=Nn2c(-c3cc4cc(Br)ccc4o3)nc3ccccc3c2=O)cc1Br. The van der Waals surface area contributed by atoms with Gasteiger partial charge in [0.15, 0.2) is 12.4 Å². The largest absolute Gasteiger partial charge is 0.478 e. The molecule has 0 saturated heterocycles. The third-order valence-electron chi connectivity index (χ3n) is 5.02. The van der Waals surface area contributed by atoms with Crippen LogP contribution in [0.25, 0.3) is 33.5 Å². The quantitative estimate of drug-likeness (QED) is 0.235. The average Bonchev–Trinajstić information content (AvgIpc) is 3.26. The molecule has 34 heavy (non-hydrogen) atoms. The molecule has 0 atom stereocenters. The van der Waals surface area contributed by atoms with E-state index in [1.54, 1.807) is 42.6 Å². The number of nitriles is 1. The summed E-state index contributed by atoms with van der Waals surface area (Å²) in [6.07, 6.45) is 1.55. The molecule has 7 nitrogen and oxygen atoms in total. The van der Waals surface area contributed by atoms with Crippen molar-refractivity contribution < 1.29 is 9.15 Å². The first-order valence-electron chi connectivity index (χ1n) is 10.1. The van der Waals surface area contributed by atoms with Gasteiger partial charge in [-0.25, -0.2) is 4.98 Å². The highest BCUT2D eigenvalue weighted by Crippen LogP contribution is 2.29. The van der Waals surface area contributed by atoms with Crippen molar-refractivity contribution in [3.05, 3.63) is 91.6 Å². The minimum absolute atomic E-state index is 0.0539. The number of hydrogen-bond donors (Lipinski definition) is 0. The molecule has 2 aromatic heterocycles. The van der Waals surface area contributed by atoms with E-state index in [1.165, 1.54) is 4.68 Å². The van der Waals surface area contributed by atoms with Crippen LogP contribution in [0.5, 0.6) is 5.75 Å². The first-order chi connectivity index (χ1) is 16.5. The standard InChI is InChI=1S/C25H14Br2N4O3/c26-17-6-8-21-16(12-17)13-23(34-21)24-30-20-4-2-1-3-18(20)25(32)31(24)29-14-15-5-7-22(19(27)11-15)33-10-9-28/h1-8,11-14H,10H2. The van der Waals surface area contributed by atoms with Gasteiger partial charge in [0.05, 0.1) is 21.6 Å². The highest BCUT2D eigenvalue weighted by atomic mass is 79.9. The molecule has 166 valence electrons. The summed E-state index contributed by atoms with van der Waals surface area (Å²) in [7, 11) is 0. The number of furan rings is 1. The number of hydrogen-bond acceptors (Lipinski definition) is 6. The van der Waals surface area contributed by atoms with E-state index in [4.69, 9.17) is 14.4 Å². The zero-order valence-corrected chi connectivity index (χ0v) is 20.6. The summed E-state index contributed by atoms with van der Waals surface area (Å²) in [5, 5.41) is 14.5. The number of aromatic nitrogens is 2. The van der Waals surface area contributed by atoms with E-state index >= 15 is 0 Å². The molecular formula is C25H14Br2N4O3. The molecule has 0 aliphatic heterocycles. The Balaban J connectivity index is 1.64. The molecule has 0 amide bonds. The summed E-state index contributed by atoms with van der Waals surface area (Å²) in [5.41, 5.74) is 1.63. The number of ether oxygens (including phenoxy) is 1. The van der Waals surface area contributed by atoms with E-state index in [9.17, 15) is 4.79 Å². The summed E-state index contributed by atoms with van der Waals surface area (Å²) in [4.78, 5) is 18.0. The van der Waals surface area contributed by atoms with E-state index < -0.39 is 0 Å². The van der Waals surface area contributed by atoms with Crippen molar-refractivity contribution in [1.82, 2.24) is 9.66 Å². The molecule has 5 rings (SSSR count). The fourth-order valence-corrected chi connectivity index (χ4v) is 4.35. The molecule has 0 N–H and O–H groups in total. The maximum atomic E-state index is 13.4. The Labute approximate surface area is 210 Å². The van der Waals surface area contributed by atoms with Gasteiger partial charge in [-0.05, 0) is 76.1 Å². The summed E-state index contributed by atoms with van der Waals surface area (Å²) in [6, 6.07) is 21.8. The number of para-hydroxylation sites is 1. The summed E-state index contributed by atoms with van der Waals surface area (Å²) >= 11 is 6.90. The normalized spacial score (nSPS) is 11.3. The Bertz CT molecular complexity index is 1680. The Morgan fingerprint density at radius 3 is 2.79 bits per heavy atom. The van der Waals surface area contributed by atoms with Gasteiger partial charge in [0.1, 0.15) is 17.4 Å². The smallest absolute Gasteiger partial charge is 0.282 e. The van der Waals surface area contributed by atoms with Gasteiger partial charge in [0.2, 0.25) is 5.82 Å². The van der Waals surface area contributed by atoms with Gasteiger partial charge >= 0.3 is 0 Å². The lowest BCUT2D eigenvalue weighted by molar-refractivity contribution is 0.366. The molecule has 0 bridgehead atoms. The number of halogens is 2. The highest BCUT2D eigenvalue weighted by Gasteiger charge is 2.16. The molecule has 0 aliphatic carbocycles. The molecule has 3 aromatic carbocycles. The van der Waals surface area contributed by atoms with Crippen LogP contribution < -0.4 is 10.3 Å². The van der Waals surface area contributed by atoms with Crippen LogP contribution in [0.15, 0.2) is 90.0 Å². The zero-order chi connectivity index (χ0) is 23.7. The van der Waals surface area contributed by atoms with Crippen molar-refractivity contribution in [1.29, 1.82) is 5.26 Å². The third-order valence-corrected chi connectivity index (χ3v) is 6.14. The predicted molar refractivity (Wildman–Crippen MR) is 137 cm³/mol. The minimum atomic E-state index is -0.313. The lowest BCUT2D eigenvalue weighted by atomic mass is 10.2. The molecule has 0 aliphatic rings. The molecule has 0 spiro atoms. The van der Waals surface area contributed by atoms with Crippen LogP contribution in [0, 0.1) is 11.3 Å². The molecule has 5 aromatic rings. The average molecular weight is 578 g/mol. The van der Waals surface area contributed by atoms with Crippen LogP contribution in [-0.4, -0.2) is 22.5 Å². The minimum Gasteiger partial charge on any atom is -0.478 e. The number of nitrogens with zero attached hydrogens (tertiary/aromatic N) is 4. The summed E-state index contributed by atoms with van der Waals surface area (Å²) in [5.74, 6) is 1.26. The zero-order valence-electron chi connectivity index (χ0n) is 17.4. The number of fused-ring (bicyclic) bond motifs is 2. The molecule has 0 unspecified atom stereocenters. The molecule has 2 heterocycles. The first-order valence-corrected chi connectivity index (χ1v) is 11.7. The first kappa shape index (κ1) is 22.1. The highest BCUT2D eigenvalue weighted by molar-refractivity contribution is 9.10. The molecular weight excluding hydrogens is 564 g/mol. The van der Waals surface area contributed by atoms with E-state index in [2.05, 4.69) is 41.9 Å². The second-order valence-electron chi connectivity index (χ2n) is 7.24. The van der Waals surface area contributed by atoms with Gasteiger partial charge in [-0.2, -0.15) is 15.0 Å². The van der Waals surface area contributed by atoms with E-state index in [0.717, 1.165) is 15.4 Å². The Morgan fingerprint density at radius 2 is 1.97 bits per heavy atom. The topological polar surface area (TPSA) is 93.4 Å². The summed E-state index contributed by atoms with van der Waals surface area (Å²) in [6.45, 7) is -0.0539. The number of rotatable bonds is 5. The van der Waals surface area contributed by atoms with Crippen LogP contribution in [0.4, 0.5) is 0 Å².